The number of aromatic nitrogens is 5. The number of fused-ring (bicyclic) bond motifs is 1. The number of benzene rings is 1. The summed E-state index contributed by atoms with van der Waals surface area (Å²) in [6, 6.07) is 4.62. The zero-order chi connectivity index (χ0) is 15.2. The van der Waals surface area contributed by atoms with Crippen molar-refractivity contribution in [2.45, 2.75) is 6.18 Å². The molecule has 0 unspecified atom stereocenters. The summed E-state index contributed by atoms with van der Waals surface area (Å²) in [6.07, 6.45) is -2.86. The fourth-order valence-electron chi connectivity index (χ4n) is 1.78. The van der Waals surface area contributed by atoms with Crippen LogP contribution >= 0.6 is 12.2 Å². The molecule has 0 N–H and O–H groups in total. The van der Waals surface area contributed by atoms with Crippen molar-refractivity contribution in [2.24, 2.45) is 7.05 Å². The van der Waals surface area contributed by atoms with Gasteiger partial charge in [0.1, 0.15) is 6.33 Å². The molecule has 2 heterocycles. The minimum absolute atomic E-state index is 0.272. The van der Waals surface area contributed by atoms with E-state index in [1.807, 2.05) is 0 Å². The number of alkyl halides is 3. The van der Waals surface area contributed by atoms with E-state index in [0.717, 1.165) is 12.1 Å². The second kappa shape index (κ2) is 4.62. The lowest BCUT2D eigenvalue weighted by atomic mass is 10.1. The fourth-order valence-corrected chi connectivity index (χ4v) is 1.95. The number of hydrogen-bond acceptors (Lipinski definition) is 4. The third-order valence-corrected chi connectivity index (χ3v) is 3.35. The zero-order valence-corrected chi connectivity index (χ0v) is 11.5. The summed E-state index contributed by atoms with van der Waals surface area (Å²) >= 11 is 5.16. The number of hydrogen-bond donors (Lipinski definition) is 0. The van der Waals surface area contributed by atoms with Crippen molar-refractivity contribution in [2.75, 3.05) is 0 Å². The lowest BCUT2D eigenvalue weighted by molar-refractivity contribution is -0.137. The Labute approximate surface area is 121 Å². The Morgan fingerprint density at radius 2 is 1.81 bits per heavy atom. The highest BCUT2D eigenvalue weighted by Gasteiger charge is 2.30. The first-order valence-corrected chi connectivity index (χ1v) is 6.23. The summed E-state index contributed by atoms with van der Waals surface area (Å²) < 4.78 is 40.9. The molecule has 0 saturated carbocycles. The van der Waals surface area contributed by atoms with E-state index in [4.69, 9.17) is 12.2 Å². The van der Waals surface area contributed by atoms with Gasteiger partial charge in [0.25, 0.3) is 5.78 Å². The van der Waals surface area contributed by atoms with Gasteiger partial charge >= 0.3 is 6.18 Å². The van der Waals surface area contributed by atoms with Gasteiger partial charge in [-0.2, -0.15) is 22.7 Å². The van der Waals surface area contributed by atoms with E-state index in [2.05, 4.69) is 15.1 Å². The molecule has 2 aromatic heterocycles. The van der Waals surface area contributed by atoms with Gasteiger partial charge in [-0.1, -0.05) is 12.1 Å². The number of nitrogens with zero attached hydrogens (tertiary/aromatic N) is 5. The molecule has 1 aromatic carbocycles. The van der Waals surface area contributed by atoms with Crippen molar-refractivity contribution in [1.82, 2.24) is 24.1 Å². The van der Waals surface area contributed by atoms with Crippen LogP contribution < -0.4 is 0 Å². The number of aryl methyl sites for hydroxylation is 1. The van der Waals surface area contributed by atoms with E-state index in [9.17, 15) is 13.2 Å². The van der Waals surface area contributed by atoms with E-state index in [-0.39, 0.29) is 5.82 Å². The molecule has 5 nitrogen and oxygen atoms in total. The highest BCUT2D eigenvalue weighted by Crippen LogP contribution is 2.30. The second-order valence-corrected chi connectivity index (χ2v) is 4.73. The van der Waals surface area contributed by atoms with Gasteiger partial charge in [0.2, 0.25) is 4.77 Å². The van der Waals surface area contributed by atoms with Crippen LogP contribution in [0.5, 0.6) is 0 Å². The summed E-state index contributed by atoms with van der Waals surface area (Å²) in [7, 11) is 1.72. The Bertz CT molecular complexity index is 863. The minimum Gasteiger partial charge on any atom is -0.311 e. The average Bonchev–Trinajstić information content (AvgIpc) is 2.87. The molecule has 9 heteroatoms. The maximum atomic E-state index is 12.5. The third kappa shape index (κ3) is 2.40. The molecule has 0 atom stereocenters. The largest absolute Gasteiger partial charge is 0.416 e. The molecule has 0 aliphatic carbocycles. The topological polar surface area (TPSA) is 48.0 Å². The molecule has 0 saturated heterocycles. The van der Waals surface area contributed by atoms with Gasteiger partial charge in [-0.25, -0.2) is 4.98 Å². The van der Waals surface area contributed by atoms with Crippen LogP contribution in [0.3, 0.4) is 0 Å². The van der Waals surface area contributed by atoms with Gasteiger partial charge < -0.3 is 4.57 Å². The molecule has 0 aliphatic heterocycles. The van der Waals surface area contributed by atoms with Gasteiger partial charge in [-0.05, 0) is 24.4 Å². The highest BCUT2D eigenvalue weighted by atomic mass is 32.1. The van der Waals surface area contributed by atoms with E-state index < -0.39 is 11.7 Å². The molecule has 21 heavy (non-hydrogen) atoms. The van der Waals surface area contributed by atoms with Gasteiger partial charge in [0.15, 0.2) is 5.82 Å². The van der Waals surface area contributed by atoms with Crippen molar-refractivity contribution in [3.63, 3.8) is 0 Å². The molecule has 3 aromatic rings. The van der Waals surface area contributed by atoms with Gasteiger partial charge in [0.05, 0.1) is 5.56 Å². The lowest BCUT2D eigenvalue weighted by Gasteiger charge is -2.05. The minimum atomic E-state index is -4.37. The van der Waals surface area contributed by atoms with Gasteiger partial charge in [-0.15, -0.1) is 5.10 Å². The van der Waals surface area contributed by atoms with Crippen LogP contribution in [0, 0.1) is 4.77 Å². The summed E-state index contributed by atoms with van der Waals surface area (Å²) in [4.78, 5) is 8.21. The van der Waals surface area contributed by atoms with Crippen molar-refractivity contribution < 1.29 is 13.2 Å². The van der Waals surface area contributed by atoms with Crippen molar-refractivity contribution in [1.29, 1.82) is 0 Å². The first-order valence-electron chi connectivity index (χ1n) is 5.82. The van der Waals surface area contributed by atoms with E-state index in [1.54, 1.807) is 11.6 Å². The molecule has 0 amide bonds. The predicted octanol–water partition coefficient (Wildman–Crippen LogP) is 2.88. The molecule has 108 valence electrons. The molecular weight excluding hydrogens is 303 g/mol. The standard InChI is InChI=1S/C12H8F3N5S/c1-19-6-16-10-17-9(18-20(10)11(19)21)7-2-4-8(5-3-7)12(13,14)15/h2-6H,1H3. The van der Waals surface area contributed by atoms with Crippen molar-refractivity contribution in [3.05, 3.63) is 40.9 Å². The third-order valence-electron chi connectivity index (χ3n) is 2.89. The summed E-state index contributed by atoms with van der Waals surface area (Å²) in [5.41, 5.74) is -0.256. The van der Waals surface area contributed by atoms with Crippen LogP contribution in [0.1, 0.15) is 5.56 Å². The predicted molar refractivity (Wildman–Crippen MR) is 71.0 cm³/mol. The summed E-state index contributed by atoms with van der Waals surface area (Å²) in [5, 5.41) is 4.17. The zero-order valence-electron chi connectivity index (χ0n) is 10.7. The van der Waals surface area contributed by atoms with E-state index >= 15 is 0 Å². The van der Waals surface area contributed by atoms with Crippen LogP contribution in [0.15, 0.2) is 30.6 Å². The first kappa shape index (κ1) is 13.7. The average molecular weight is 311 g/mol. The number of rotatable bonds is 1. The monoisotopic (exact) mass is 311 g/mol. The molecule has 0 aliphatic rings. The maximum absolute atomic E-state index is 12.5. The molecular formula is C12H8F3N5S. The fraction of sp³-hybridized carbons (Fsp3) is 0.167. The molecule has 0 fully saturated rings. The molecule has 0 spiro atoms. The van der Waals surface area contributed by atoms with Crippen molar-refractivity contribution in [3.8, 4) is 11.4 Å². The lowest BCUT2D eigenvalue weighted by Crippen LogP contribution is -2.04. The molecule has 3 rings (SSSR count). The van der Waals surface area contributed by atoms with E-state index in [0.29, 0.717) is 16.1 Å². The first-order chi connectivity index (χ1) is 9.86. The Morgan fingerprint density at radius 1 is 1.14 bits per heavy atom. The quantitative estimate of drug-likeness (QED) is 0.648. The van der Waals surface area contributed by atoms with Crippen LogP contribution in [-0.2, 0) is 13.2 Å². The Kier molecular flexibility index (Phi) is 3.01. The molecule has 0 radical (unpaired) electrons. The van der Waals surface area contributed by atoms with Crippen LogP contribution in [-0.4, -0.2) is 24.1 Å². The van der Waals surface area contributed by atoms with Gasteiger partial charge in [-0.3, -0.25) is 0 Å². The SMILES string of the molecule is Cn1cnc2nc(-c3ccc(C(F)(F)F)cc3)nn2c1=S. The number of halogens is 3. The van der Waals surface area contributed by atoms with Crippen molar-refractivity contribution >= 4 is 18.0 Å². The smallest absolute Gasteiger partial charge is 0.311 e. The van der Waals surface area contributed by atoms with Crippen LogP contribution in [0.2, 0.25) is 0 Å². The maximum Gasteiger partial charge on any atom is 0.416 e. The Balaban J connectivity index is 2.09. The summed E-state index contributed by atoms with van der Waals surface area (Å²) in [5.74, 6) is 0.571. The van der Waals surface area contributed by atoms with Crippen LogP contribution in [0.25, 0.3) is 17.2 Å². The Morgan fingerprint density at radius 3 is 2.43 bits per heavy atom. The van der Waals surface area contributed by atoms with Crippen LogP contribution in [0.4, 0.5) is 13.2 Å². The van der Waals surface area contributed by atoms with E-state index in [1.165, 1.54) is 23.0 Å². The Hall–Kier alpha value is -2.29. The normalized spacial score (nSPS) is 12.0. The summed E-state index contributed by atoms with van der Waals surface area (Å²) in [6.45, 7) is 0. The van der Waals surface area contributed by atoms with Gasteiger partial charge in [0, 0.05) is 12.6 Å². The highest BCUT2D eigenvalue weighted by molar-refractivity contribution is 7.71. The molecule has 0 bridgehead atoms. The second-order valence-electron chi connectivity index (χ2n) is 4.36.